The van der Waals surface area contributed by atoms with Crippen molar-refractivity contribution >= 4 is 34.6 Å². The van der Waals surface area contributed by atoms with Crippen molar-refractivity contribution in [2.45, 2.75) is 6.18 Å². The number of amides is 2. The summed E-state index contributed by atoms with van der Waals surface area (Å²) in [6.45, 7) is 2.37. The van der Waals surface area contributed by atoms with Crippen LogP contribution in [0, 0.1) is 10.1 Å². The molecule has 0 radical (unpaired) electrons. The maximum atomic E-state index is 12.7. The van der Waals surface area contributed by atoms with Crippen LogP contribution in [0.2, 0.25) is 0 Å². The van der Waals surface area contributed by atoms with Crippen molar-refractivity contribution in [1.82, 2.24) is 4.90 Å². The zero-order valence-electron chi connectivity index (χ0n) is 19.2. The molecule has 2 aromatic rings. The highest BCUT2D eigenvalue weighted by Gasteiger charge is 2.43. The van der Waals surface area contributed by atoms with Crippen LogP contribution in [0.15, 0.2) is 42.5 Å². The molecule has 192 valence electrons. The van der Waals surface area contributed by atoms with Gasteiger partial charge in [-0.15, -0.1) is 0 Å². The topological polar surface area (TPSA) is 108 Å². The second-order valence-corrected chi connectivity index (χ2v) is 8.34. The van der Waals surface area contributed by atoms with E-state index in [1.165, 1.54) is 12.1 Å². The van der Waals surface area contributed by atoms with E-state index in [1.807, 2.05) is 9.80 Å². The number of rotatable bonds is 5. The molecule has 0 aromatic heterocycles. The zero-order chi connectivity index (χ0) is 25.9. The molecular weight excluding hydrogens is 483 g/mol. The minimum Gasteiger partial charge on any atom is -0.378 e. The summed E-state index contributed by atoms with van der Waals surface area (Å²) in [6, 6.07) is 11.0. The fraction of sp³-hybridized carbons (Fsp3) is 0.391. The molecule has 13 heteroatoms. The predicted octanol–water partition coefficient (Wildman–Crippen LogP) is 2.89. The number of alkyl halides is 3. The maximum absolute atomic E-state index is 12.7. The Bertz CT molecular complexity index is 1130. The molecule has 10 nitrogen and oxygen atoms in total. The average Bonchev–Trinajstić information content (AvgIpc) is 2.88. The Morgan fingerprint density at radius 3 is 2.14 bits per heavy atom. The molecule has 2 aliphatic rings. The Morgan fingerprint density at radius 2 is 1.56 bits per heavy atom. The van der Waals surface area contributed by atoms with E-state index in [0.717, 1.165) is 10.6 Å². The number of anilines is 3. The molecule has 0 spiro atoms. The number of hydrogen-bond donors (Lipinski definition) is 1. The number of morpholine rings is 1. The fourth-order valence-corrected chi connectivity index (χ4v) is 4.19. The van der Waals surface area contributed by atoms with E-state index in [-0.39, 0.29) is 37.4 Å². The van der Waals surface area contributed by atoms with E-state index in [2.05, 4.69) is 5.32 Å². The number of carbonyl (C=O) groups excluding carboxylic acids is 2. The van der Waals surface area contributed by atoms with Gasteiger partial charge in [0.15, 0.2) is 0 Å². The average molecular weight is 507 g/mol. The third-order valence-electron chi connectivity index (χ3n) is 6.09. The van der Waals surface area contributed by atoms with Gasteiger partial charge in [-0.2, -0.15) is 13.2 Å². The molecule has 2 fully saturated rings. The predicted molar refractivity (Wildman–Crippen MR) is 125 cm³/mol. The highest BCUT2D eigenvalue weighted by atomic mass is 19.4. The van der Waals surface area contributed by atoms with Crippen LogP contribution in [0.25, 0.3) is 0 Å². The number of nitrogens with zero attached hydrogens (tertiary/aromatic N) is 4. The van der Waals surface area contributed by atoms with Gasteiger partial charge in [-0.1, -0.05) is 0 Å². The SMILES string of the molecule is O=C(Nc1ccc(N2CCN(C(=O)C(F)(F)F)CC2)cc1)c1ccc(N2CCOCC2)c([N+](=O)[O-])c1. The molecule has 2 aromatic carbocycles. The first-order valence-corrected chi connectivity index (χ1v) is 11.3. The summed E-state index contributed by atoms with van der Waals surface area (Å²) in [5, 5.41) is 14.3. The first-order valence-electron chi connectivity index (χ1n) is 11.3. The molecule has 0 atom stereocenters. The lowest BCUT2D eigenvalue weighted by molar-refractivity contribution is -0.384. The minimum absolute atomic E-state index is 0.0456. The minimum atomic E-state index is -4.88. The Morgan fingerprint density at radius 1 is 0.917 bits per heavy atom. The van der Waals surface area contributed by atoms with Gasteiger partial charge < -0.3 is 24.8 Å². The highest BCUT2D eigenvalue weighted by molar-refractivity contribution is 6.05. The molecule has 2 amide bonds. The van der Waals surface area contributed by atoms with Gasteiger partial charge in [0.2, 0.25) is 0 Å². The van der Waals surface area contributed by atoms with Crippen molar-refractivity contribution in [2.24, 2.45) is 0 Å². The van der Waals surface area contributed by atoms with Crippen molar-refractivity contribution in [2.75, 3.05) is 67.6 Å². The molecule has 2 saturated heterocycles. The summed E-state index contributed by atoms with van der Waals surface area (Å²) in [4.78, 5) is 39.7. The summed E-state index contributed by atoms with van der Waals surface area (Å²) >= 11 is 0. The summed E-state index contributed by atoms with van der Waals surface area (Å²) in [5.74, 6) is -2.35. The molecule has 2 heterocycles. The number of benzene rings is 2. The van der Waals surface area contributed by atoms with Gasteiger partial charge in [-0.25, -0.2) is 0 Å². The van der Waals surface area contributed by atoms with E-state index < -0.39 is 22.9 Å². The summed E-state index contributed by atoms with van der Waals surface area (Å²) in [5.41, 5.74) is 1.59. The fourth-order valence-electron chi connectivity index (χ4n) is 4.19. The summed E-state index contributed by atoms with van der Waals surface area (Å²) < 4.78 is 43.1. The Balaban J connectivity index is 1.38. The molecule has 0 unspecified atom stereocenters. The van der Waals surface area contributed by atoms with Crippen molar-refractivity contribution in [3.05, 3.63) is 58.1 Å². The maximum Gasteiger partial charge on any atom is 0.471 e. The van der Waals surface area contributed by atoms with Crippen LogP contribution >= 0.6 is 0 Å². The molecule has 2 aliphatic heterocycles. The molecule has 36 heavy (non-hydrogen) atoms. The van der Waals surface area contributed by atoms with E-state index in [4.69, 9.17) is 4.74 Å². The van der Waals surface area contributed by atoms with E-state index >= 15 is 0 Å². The highest BCUT2D eigenvalue weighted by Crippen LogP contribution is 2.30. The van der Waals surface area contributed by atoms with Crippen LogP contribution in [0.4, 0.5) is 35.9 Å². The lowest BCUT2D eigenvalue weighted by Gasteiger charge is -2.36. The van der Waals surface area contributed by atoms with Crippen LogP contribution < -0.4 is 15.1 Å². The van der Waals surface area contributed by atoms with Crippen molar-refractivity contribution in [3.8, 4) is 0 Å². The molecular formula is C23H24F3N5O5. The van der Waals surface area contributed by atoms with Crippen molar-refractivity contribution < 1.29 is 32.4 Å². The number of nitro groups is 1. The third kappa shape index (κ3) is 5.67. The van der Waals surface area contributed by atoms with Gasteiger partial charge >= 0.3 is 12.1 Å². The zero-order valence-corrected chi connectivity index (χ0v) is 19.2. The lowest BCUT2D eigenvalue weighted by Crippen LogP contribution is -2.52. The van der Waals surface area contributed by atoms with E-state index in [1.54, 1.807) is 30.3 Å². The van der Waals surface area contributed by atoms with Gasteiger partial charge in [-0.3, -0.25) is 19.7 Å². The van der Waals surface area contributed by atoms with Gasteiger partial charge in [0, 0.05) is 62.3 Å². The standard InChI is InChI=1S/C23H24F3N5O5/c24-23(25,26)22(33)30-9-7-28(8-10-30)18-4-2-17(3-5-18)27-21(32)16-1-6-19(20(15-16)31(34)35)29-11-13-36-14-12-29/h1-6,15H,7-14H2,(H,27,32). The van der Waals surface area contributed by atoms with Crippen molar-refractivity contribution in [3.63, 3.8) is 0 Å². The summed E-state index contributed by atoms with van der Waals surface area (Å²) in [6.07, 6.45) is -4.88. The number of halogens is 3. The van der Waals surface area contributed by atoms with Crippen LogP contribution in [0.5, 0.6) is 0 Å². The van der Waals surface area contributed by atoms with E-state index in [9.17, 15) is 32.9 Å². The van der Waals surface area contributed by atoms with E-state index in [0.29, 0.717) is 37.7 Å². The molecule has 0 aliphatic carbocycles. The molecule has 0 bridgehead atoms. The van der Waals surface area contributed by atoms with Crippen LogP contribution in [0.1, 0.15) is 10.4 Å². The Hall–Kier alpha value is -3.87. The quantitative estimate of drug-likeness (QED) is 0.490. The van der Waals surface area contributed by atoms with Crippen LogP contribution in [-0.2, 0) is 9.53 Å². The number of hydrogen-bond acceptors (Lipinski definition) is 7. The second kappa shape index (κ2) is 10.4. The van der Waals surface area contributed by atoms with Crippen LogP contribution in [-0.4, -0.2) is 80.3 Å². The van der Waals surface area contributed by atoms with Gasteiger partial charge in [0.1, 0.15) is 5.69 Å². The first kappa shape index (κ1) is 25.2. The van der Waals surface area contributed by atoms with Crippen molar-refractivity contribution in [1.29, 1.82) is 0 Å². The largest absolute Gasteiger partial charge is 0.471 e. The molecule has 0 saturated carbocycles. The molecule has 1 N–H and O–H groups in total. The van der Waals surface area contributed by atoms with Crippen LogP contribution in [0.3, 0.4) is 0 Å². The van der Waals surface area contributed by atoms with Gasteiger partial charge in [-0.05, 0) is 36.4 Å². The number of nitrogens with one attached hydrogen (secondary N) is 1. The Labute approximate surface area is 204 Å². The normalized spacial score (nSPS) is 16.6. The number of ether oxygens (including phenoxy) is 1. The number of piperazine rings is 1. The second-order valence-electron chi connectivity index (χ2n) is 8.34. The monoisotopic (exact) mass is 507 g/mol. The smallest absolute Gasteiger partial charge is 0.378 e. The Kier molecular flexibility index (Phi) is 7.29. The lowest BCUT2D eigenvalue weighted by atomic mass is 10.1. The third-order valence-corrected chi connectivity index (χ3v) is 6.09. The first-order chi connectivity index (χ1) is 17.1. The summed E-state index contributed by atoms with van der Waals surface area (Å²) in [7, 11) is 0. The molecule has 4 rings (SSSR count). The number of carbonyl (C=O) groups is 2. The van der Waals surface area contributed by atoms with Gasteiger partial charge in [0.05, 0.1) is 18.1 Å². The van der Waals surface area contributed by atoms with Gasteiger partial charge in [0.25, 0.3) is 11.6 Å². The number of nitro benzene ring substituents is 1.